The predicted octanol–water partition coefficient (Wildman–Crippen LogP) is 3.49. The van der Waals surface area contributed by atoms with E-state index in [0.29, 0.717) is 0 Å². The normalized spacial score (nSPS) is 20.5. The zero-order chi connectivity index (χ0) is 13.7. The van der Waals surface area contributed by atoms with E-state index in [1.54, 1.807) is 0 Å². The summed E-state index contributed by atoms with van der Waals surface area (Å²) in [5, 5.41) is 4.77. The zero-order valence-corrected chi connectivity index (χ0v) is 13.2. The van der Waals surface area contributed by atoms with Gasteiger partial charge in [-0.1, -0.05) is 18.5 Å². The van der Waals surface area contributed by atoms with Crippen LogP contribution in [0.1, 0.15) is 26.0 Å². The zero-order valence-electron chi connectivity index (χ0n) is 11.7. The van der Waals surface area contributed by atoms with Gasteiger partial charge in [-0.15, -0.1) is 0 Å². The molecule has 3 nitrogen and oxygen atoms in total. The van der Waals surface area contributed by atoms with Gasteiger partial charge in [0.1, 0.15) is 5.82 Å². The Labute approximate surface area is 125 Å². The number of hydrogen-bond donors (Lipinski definition) is 1. The molecule has 5 heteroatoms. The van der Waals surface area contributed by atoms with E-state index in [-0.39, 0.29) is 0 Å². The molecule has 2 rings (SSSR count). The lowest BCUT2D eigenvalue weighted by Crippen LogP contribution is -2.37. The van der Waals surface area contributed by atoms with Crippen LogP contribution in [0.2, 0.25) is 5.02 Å². The number of nitrogens with zero attached hydrogens (tertiary/aromatic N) is 2. The number of thioether (sulfide) groups is 1. The second kappa shape index (κ2) is 7.36. The lowest BCUT2D eigenvalue weighted by Gasteiger charge is -2.31. The van der Waals surface area contributed by atoms with Crippen LogP contribution in [0.25, 0.3) is 0 Å². The number of pyridine rings is 1. The Morgan fingerprint density at radius 1 is 1.47 bits per heavy atom. The summed E-state index contributed by atoms with van der Waals surface area (Å²) in [5.41, 5.74) is 0.988. The summed E-state index contributed by atoms with van der Waals surface area (Å²) < 4.78 is 0. The van der Waals surface area contributed by atoms with E-state index in [4.69, 9.17) is 11.6 Å². The largest absolute Gasteiger partial charge is 0.370 e. The summed E-state index contributed by atoms with van der Waals surface area (Å²) in [6.07, 6.45) is 1.24. The predicted molar refractivity (Wildman–Crippen MR) is 85.2 cm³/mol. The molecule has 1 N–H and O–H groups in total. The SMILES string of the molecule is CCNc1ccc(Cl)c(CN2CCSC(CC)C2)n1. The van der Waals surface area contributed by atoms with Crippen LogP contribution in [0.4, 0.5) is 5.82 Å². The van der Waals surface area contributed by atoms with Crippen molar-refractivity contribution in [1.82, 2.24) is 9.88 Å². The van der Waals surface area contributed by atoms with Crippen LogP contribution in [0, 0.1) is 0 Å². The number of anilines is 1. The van der Waals surface area contributed by atoms with Gasteiger partial charge in [-0.05, 0) is 25.5 Å². The van der Waals surface area contributed by atoms with Gasteiger partial charge in [0.2, 0.25) is 0 Å². The Bertz CT molecular complexity index is 414. The molecule has 2 heterocycles. The number of nitrogens with one attached hydrogen (secondary N) is 1. The van der Waals surface area contributed by atoms with E-state index < -0.39 is 0 Å². The van der Waals surface area contributed by atoms with Gasteiger partial charge in [-0.25, -0.2) is 4.98 Å². The minimum Gasteiger partial charge on any atom is -0.370 e. The molecule has 0 aliphatic carbocycles. The third-order valence-corrected chi connectivity index (χ3v) is 5.04. The van der Waals surface area contributed by atoms with Crippen molar-refractivity contribution >= 4 is 29.2 Å². The maximum Gasteiger partial charge on any atom is 0.126 e. The summed E-state index contributed by atoms with van der Waals surface area (Å²) in [5.74, 6) is 2.13. The maximum absolute atomic E-state index is 6.26. The lowest BCUT2D eigenvalue weighted by molar-refractivity contribution is 0.270. The number of hydrogen-bond acceptors (Lipinski definition) is 4. The number of rotatable bonds is 5. The molecular formula is C14H22ClN3S. The monoisotopic (exact) mass is 299 g/mol. The van der Waals surface area contributed by atoms with Crippen molar-refractivity contribution in [2.75, 3.05) is 30.7 Å². The second-order valence-corrected chi connectivity index (χ2v) is 6.61. The molecule has 0 bridgehead atoms. The topological polar surface area (TPSA) is 28.2 Å². The average Bonchev–Trinajstić information content (AvgIpc) is 2.43. The molecule has 1 aromatic heterocycles. The van der Waals surface area contributed by atoms with Crippen molar-refractivity contribution in [3.63, 3.8) is 0 Å². The van der Waals surface area contributed by atoms with Gasteiger partial charge in [0.05, 0.1) is 10.7 Å². The van der Waals surface area contributed by atoms with Crippen LogP contribution in [0.15, 0.2) is 12.1 Å². The first-order chi connectivity index (χ1) is 9.22. The van der Waals surface area contributed by atoms with E-state index in [0.717, 1.165) is 48.0 Å². The quantitative estimate of drug-likeness (QED) is 0.901. The first-order valence-electron chi connectivity index (χ1n) is 6.96. The summed E-state index contributed by atoms with van der Waals surface area (Å²) in [6.45, 7) is 8.35. The summed E-state index contributed by atoms with van der Waals surface area (Å²) in [4.78, 5) is 7.08. The standard InChI is InChI=1S/C14H22ClN3S/c1-3-11-9-18(7-8-19-11)10-13-12(15)5-6-14(17-13)16-4-2/h5-6,11H,3-4,7-10H2,1-2H3,(H,16,17). The molecule has 1 unspecified atom stereocenters. The number of halogens is 1. The third kappa shape index (κ3) is 4.26. The first-order valence-corrected chi connectivity index (χ1v) is 8.38. The molecular weight excluding hydrogens is 278 g/mol. The Hall–Kier alpha value is -0.450. The molecule has 0 amide bonds. The Kier molecular flexibility index (Phi) is 5.79. The van der Waals surface area contributed by atoms with Crippen LogP contribution in [-0.4, -0.2) is 40.5 Å². The fourth-order valence-corrected chi connectivity index (χ4v) is 3.67. The Balaban J connectivity index is 2.03. The fourth-order valence-electron chi connectivity index (χ4n) is 2.26. The maximum atomic E-state index is 6.26. The van der Waals surface area contributed by atoms with E-state index in [1.165, 1.54) is 12.2 Å². The van der Waals surface area contributed by atoms with E-state index in [9.17, 15) is 0 Å². The van der Waals surface area contributed by atoms with Gasteiger partial charge in [-0.3, -0.25) is 4.90 Å². The Morgan fingerprint density at radius 3 is 3.05 bits per heavy atom. The number of aromatic nitrogens is 1. The third-order valence-electron chi connectivity index (χ3n) is 3.33. The highest BCUT2D eigenvalue weighted by molar-refractivity contribution is 8.00. The fraction of sp³-hybridized carbons (Fsp3) is 0.643. The molecule has 0 saturated carbocycles. The minimum atomic E-state index is 0.754. The molecule has 106 valence electrons. The van der Waals surface area contributed by atoms with Crippen molar-refractivity contribution in [3.05, 3.63) is 22.8 Å². The van der Waals surface area contributed by atoms with Crippen LogP contribution in [0.3, 0.4) is 0 Å². The van der Waals surface area contributed by atoms with Crippen molar-refractivity contribution in [3.8, 4) is 0 Å². The molecule has 1 aliphatic rings. The second-order valence-electron chi connectivity index (χ2n) is 4.79. The highest BCUT2D eigenvalue weighted by Gasteiger charge is 2.20. The highest BCUT2D eigenvalue weighted by Crippen LogP contribution is 2.24. The van der Waals surface area contributed by atoms with Gasteiger partial charge in [0.15, 0.2) is 0 Å². The van der Waals surface area contributed by atoms with Gasteiger partial charge < -0.3 is 5.32 Å². The van der Waals surface area contributed by atoms with Gasteiger partial charge >= 0.3 is 0 Å². The van der Waals surface area contributed by atoms with Gasteiger partial charge in [0, 0.05) is 37.2 Å². The van der Waals surface area contributed by atoms with Crippen LogP contribution < -0.4 is 5.32 Å². The molecule has 1 fully saturated rings. The molecule has 1 aromatic rings. The van der Waals surface area contributed by atoms with Crippen molar-refractivity contribution in [1.29, 1.82) is 0 Å². The summed E-state index contributed by atoms with van der Waals surface area (Å²) in [7, 11) is 0. The summed E-state index contributed by atoms with van der Waals surface area (Å²) >= 11 is 8.35. The highest BCUT2D eigenvalue weighted by atomic mass is 35.5. The molecule has 0 aromatic carbocycles. The molecule has 19 heavy (non-hydrogen) atoms. The van der Waals surface area contributed by atoms with Crippen molar-refractivity contribution in [2.45, 2.75) is 32.1 Å². The van der Waals surface area contributed by atoms with Gasteiger partial charge in [0.25, 0.3) is 0 Å². The molecule has 0 radical (unpaired) electrons. The minimum absolute atomic E-state index is 0.754. The average molecular weight is 300 g/mol. The molecule has 1 aliphatic heterocycles. The van der Waals surface area contributed by atoms with Crippen LogP contribution in [-0.2, 0) is 6.54 Å². The molecule has 0 spiro atoms. The van der Waals surface area contributed by atoms with E-state index >= 15 is 0 Å². The van der Waals surface area contributed by atoms with Crippen LogP contribution >= 0.6 is 23.4 Å². The van der Waals surface area contributed by atoms with Crippen LogP contribution in [0.5, 0.6) is 0 Å². The van der Waals surface area contributed by atoms with Crippen molar-refractivity contribution in [2.24, 2.45) is 0 Å². The first kappa shape index (κ1) is 14.9. The van der Waals surface area contributed by atoms with E-state index in [1.807, 2.05) is 12.1 Å². The van der Waals surface area contributed by atoms with Crippen molar-refractivity contribution < 1.29 is 0 Å². The summed E-state index contributed by atoms with van der Waals surface area (Å²) in [6, 6.07) is 3.88. The van der Waals surface area contributed by atoms with E-state index in [2.05, 4.69) is 40.8 Å². The molecule has 1 saturated heterocycles. The molecule has 1 atom stereocenters. The Morgan fingerprint density at radius 2 is 2.32 bits per heavy atom. The lowest BCUT2D eigenvalue weighted by atomic mass is 10.2. The van der Waals surface area contributed by atoms with Gasteiger partial charge in [-0.2, -0.15) is 11.8 Å². The smallest absolute Gasteiger partial charge is 0.126 e.